The average Bonchev–Trinajstić information content (AvgIpc) is 2.65. The number of nitrogens with one attached hydrogen (secondary N) is 1. The Bertz CT molecular complexity index is 895. The fraction of sp³-hybridized carbons (Fsp3) is 0.381. The Morgan fingerprint density at radius 3 is 2.39 bits per heavy atom. The molecule has 0 saturated heterocycles. The molecule has 0 fully saturated rings. The van der Waals surface area contributed by atoms with Gasteiger partial charge in [0.15, 0.2) is 0 Å². The Balaban J connectivity index is 2.19. The van der Waals surface area contributed by atoms with Crippen molar-refractivity contribution in [3.05, 3.63) is 59.7 Å². The van der Waals surface area contributed by atoms with Crippen molar-refractivity contribution in [2.24, 2.45) is 0 Å². The molecule has 0 aliphatic heterocycles. The molecule has 0 heterocycles. The van der Waals surface area contributed by atoms with Crippen LogP contribution in [0.4, 0.5) is 5.69 Å². The number of carbonyl (C=O) groups is 1. The summed E-state index contributed by atoms with van der Waals surface area (Å²) in [6.45, 7) is 6.49. The number of aryl methyl sites for hydroxylation is 1. The summed E-state index contributed by atoms with van der Waals surface area (Å²) in [4.78, 5) is 12.8. The minimum atomic E-state index is -3.63. The van der Waals surface area contributed by atoms with E-state index in [0.717, 1.165) is 23.1 Å². The van der Waals surface area contributed by atoms with Gasteiger partial charge in [0.1, 0.15) is 11.8 Å². The standard InChI is InChI=1S/C21H28N2O4S/c1-5-20(23(28(4,25)26)18-12-10-16(3)11-13-18)21(24)22-15-17-8-7-9-19(14-17)27-6-2/h7-14,20H,5-6,15H2,1-4H3,(H,22,24)/t20-/m0/s1. The Kier molecular flexibility index (Phi) is 7.45. The second-order valence-electron chi connectivity index (χ2n) is 6.62. The molecule has 2 aromatic carbocycles. The molecule has 2 aromatic rings. The summed E-state index contributed by atoms with van der Waals surface area (Å²) in [5.74, 6) is 0.397. The molecule has 0 aliphatic rings. The molecule has 1 amide bonds. The molecular weight excluding hydrogens is 376 g/mol. The molecule has 7 heteroatoms. The number of carbonyl (C=O) groups excluding carboxylic acids is 1. The van der Waals surface area contributed by atoms with E-state index in [1.165, 1.54) is 4.31 Å². The number of hydrogen-bond donors (Lipinski definition) is 1. The third-order valence-corrected chi connectivity index (χ3v) is 5.47. The maximum atomic E-state index is 12.8. The third kappa shape index (κ3) is 5.73. The minimum absolute atomic E-state index is 0.293. The Morgan fingerprint density at radius 2 is 1.82 bits per heavy atom. The maximum Gasteiger partial charge on any atom is 0.244 e. The quantitative estimate of drug-likeness (QED) is 0.696. The number of ether oxygens (including phenoxy) is 1. The first-order valence-corrected chi connectivity index (χ1v) is 11.2. The van der Waals surface area contributed by atoms with Crippen LogP contribution in [0.3, 0.4) is 0 Å². The number of benzene rings is 2. The van der Waals surface area contributed by atoms with Crippen LogP contribution >= 0.6 is 0 Å². The van der Waals surface area contributed by atoms with Crippen molar-refractivity contribution in [1.82, 2.24) is 5.32 Å². The fourth-order valence-corrected chi connectivity index (χ4v) is 4.18. The lowest BCUT2D eigenvalue weighted by atomic mass is 10.1. The highest BCUT2D eigenvalue weighted by atomic mass is 32.2. The van der Waals surface area contributed by atoms with Gasteiger partial charge in [0.25, 0.3) is 0 Å². The van der Waals surface area contributed by atoms with E-state index in [1.54, 1.807) is 19.1 Å². The smallest absolute Gasteiger partial charge is 0.244 e. The summed E-state index contributed by atoms with van der Waals surface area (Å²) in [5.41, 5.74) is 2.38. The van der Waals surface area contributed by atoms with Crippen LogP contribution in [0.25, 0.3) is 0 Å². The van der Waals surface area contributed by atoms with Crippen LogP contribution in [-0.2, 0) is 21.4 Å². The van der Waals surface area contributed by atoms with Gasteiger partial charge in [0.2, 0.25) is 15.9 Å². The summed E-state index contributed by atoms with van der Waals surface area (Å²) in [5, 5.41) is 2.85. The number of sulfonamides is 1. The molecule has 0 radical (unpaired) electrons. The second-order valence-corrected chi connectivity index (χ2v) is 8.48. The highest BCUT2D eigenvalue weighted by molar-refractivity contribution is 7.92. The van der Waals surface area contributed by atoms with Crippen LogP contribution in [0.5, 0.6) is 5.75 Å². The van der Waals surface area contributed by atoms with Crippen molar-refractivity contribution < 1.29 is 17.9 Å². The molecule has 0 spiro atoms. The van der Waals surface area contributed by atoms with E-state index in [-0.39, 0.29) is 5.91 Å². The van der Waals surface area contributed by atoms with Crippen LogP contribution in [0.2, 0.25) is 0 Å². The van der Waals surface area contributed by atoms with E-state index >= 15 is 0 Å². The van der Waals surface area contributed by atoms with Gasteiger partial charge < -0.3 is 10.1 Å². The first kappa shape index (κ1) is 21.8. The molecule has 0 bridgehead atoms. The first-order chi connectivity index (χ1) is 13.3. The molecule has 1 N–H and O–H groups in total. The number of nitrogens with zero attached hydrogens (tertiary/aromatic N) is 1. The van der Waals surface area contributed by atoms with E-state index in [0.29, 0.717) is 25.3 Å². The predicted molar refractivity (Wildman–Crippen MR) is 112 cm³/mol. The molecule has 152 valence electrons. The summed E-state index contributed by atoms with van der Waals surface area (Å²) in [6, 6.07) is 13.7. The molecule has 0 aliphatic carbocycles. The Hall–Kier alpha value is -2.54. The first-order valence-electron chi connectivity index (χ1n) is 9.31. The van der Waals surface area contributed by atoms with Gasteiger partial charge in [-0.1, -0.05) is 36.8 Å². The minimum Gasteiger partial charge on any atom is -0.494 e. The highest BCUT2D eigenvalue weighted by Crippen LogP contribution is 2.23. The van der Waals surface area contributed by atoms with Crippen molar-refractivity contribution in [2.75, 3.05) is 17.2 Å². The van der Waals surface area contributed by atoms with Gasteiger partial charge in [0.05, 0.1) is 18.6 Å². The maximum absolute atomic E-state index is 12.8. The highest BCUT2D eigenvalue weighted by Gasteiger charge is 2.31. The number of amides is 1. The van der Waals surface area contributed by atoms with E-state index in [1.807, 2.05) is 50.2 Å². The van der Waals surface area contributed by atoms with Crippen molar-refractivity contribution in [2.45, 2.75) is 39.8 Å². The zero-order chi connectivity index (χ0) is 20.7. The van der Waals surface area contributed by atoms with Crippen molar-refractivity contribution >= 4 is 21.6 Å². The molecule has 1 atom stereocenters. The Labute approximate surface area is 167 Å². The summed E-state index contributed by atoms with van der Waals surface area (Å²) in [7, 11) is -3.63. The summed E-state index contributed by atoms with van der Waals surface area (Å²) in [6.07, 6.45) is 1.47. The summed E-state index contributed by atoms with van der Waals surface area (Å²) >= 11 is 0. The van der Waals surface area contributed by atoms with Crippen LogP contribution in [0.15, 0.2) is 48.5 Å². The topological polar surface area (TPSA) is 75.7 Å². The zero-order valence-corrected chi connectivity index (χ0v) is 17.6. The lowest BCUT2D eigenvalue weighted by Crippen LogP contribution is -2.49. The van der Waals surface area contributed by atoms with Gasteiger partial charge >= 0.3 is 0 Å². The van der Waals surface area contributed by atoms with Gasteiger partial charge in [-0.15, -0.1) is 0 Å². The molecule has 0 unspecified atom stereocenters. The molecular formula is C21H28N2O4S. The van der Waals surface area contributed by atoms with Gasteiger partial charge in [-0.3, -0.25) is 9.10 Å². The van der Waals surface area contributed by atoms with E-state index < -0.39 is 16.1 Å². The van der Waals surface area contributed by atoms with Crippen LogP contribution in [0.1, 0.15) is 31.4 Å². The third-order valence-electron chi connectivity index (χ3n) is 4.29. The van der Waals surface area contributed by atoms with Gasteiger partial charge in [-0.05, 0) is 50.1 Å². The van der Waals surface area contributed by atoms with Crippen molar-refractivity contribution in [3.8, 4) is 5.75 Å². The molecule has 6 nitrogen and oxygen atoms in total. The normalized spacial score (nSPS) is 12.3. The molecule has 0 aromatic heterocycles. The number of rotatable bonds is 9. The van der Waals surface area contributed by atoms with Gasteiger partial charge in [-0.25, -0.2) is 8.42 Å². The van der Waals surface area contributed by atoms with Gasteiger partial charge in [-0.2, -0.15) is 0 Å². The van der Waals surface area contributed by atoms with E-state index in [9.17, 15) is 13.2 Å². The van der Waals surface area contributed by atoms with Crippen molar-refractivity contribution in [1.29, 1.82) is 0 Å². The van der Waals surface area contributed by atoms with E-state index in [4.69, 9.17) is 4.74 Å². The van der Waals surface area contributed by atoms with Crippen LogP contribution in [0, 0.1) is 6.92 Å². The largest absolute Gasteiger partial charge is 0.494 e. The lowest BCUT2D eigenvalue weighted by Gasteiger charge is -2.30. The fourth-order valence-electron chi connectivity index (χ4n) is 2.97. The molecule has 0 saturated carbocycles. The molecule has 2 rings (SSSR count). The van der Waals surface area contributed by atoms with E-state index in [2.05, 4.69) is 5.32 Å². The monoisotopic (exact) mass is 404 g/mol. The zero-order valence-electron chi connectivity index (χ0n) is 16.8. The van der Waals surface area contributed by atoms with Crippen LogP contribution < -0.4 is 14.4 Å². The predicted octanol–water partition coefficient (Wildman–Crippen LogP) is 3.25. The lowest BCUT2D eigenvalue weighted by molar-refractivity contribution is -0.122. The number of anilines is 1. The summed E-state index contributed by atoms with van der Waals surface area (Å²) < 4.78 is 31.5. The van der Waals surface area contributed by atoms with Crippen LogP contribution in [-0.4, -0.2) is 33.2 Å². The van der Waals surface area contributed by atoms with Crippen molar-refractivity contribution in [3.63, 3.8) is 0 Å². The second kappa shape index (κ2) is 9.59. The molecule has 28 heavy (non-hydrogen) atoms. The SMILES string of the molecule is CCOc1cccc(CNC(=O)[C@H](CC)N(c2ccc(C)cc2)S(C)(=O)=O)c1. The van der Waals surface area contributed by atoms with Gasteiger partial charge in [0, 0.05) is 6.54 Å². The number of hydrogen-bond acceptors (Lipinski definition) is 4. The average molecular weight is 405 g/mol. The Morgan fingerprint density at radius 1 is 1.14 bits per heavy atom.